The minimum absolute atomic E-state index is 0.451. The van der Waals surface area contributed by atoms with Gasteiger partial charge in [0, 0.05) is 13.1 Å². The summed E-state index contributed by atoms with van der Waals surface area (Å²) in [5, 5.41) is 2.66. The number of ether oxygens (including phenoxy) is 3. The van der Waals surface area contributed by atoms with Crippen LogP contribution in [0, 0.1) is 0 Å². The molecular weight excluding hydrogens is 500 g/mol. The molecule has 0 saturated carbocycles. The van der Waals surface area contributed by atoms with Crippen molar-refractivity contribution in [1.29, 1.82) is 0 Å². The molecule has 0 spiro atoms. The maximum atomic E-state index is 11.9. The molecule has 1 fully saturated rings. The van der Waals surface area contributed by atoms with Gasteiger partial charge in [-0.05, 0) is 105 Å². The minimum Gasteiger partial charge on any atom is -0.497 e. The van der Waals surface area contributed by atoms with Gasteiger partial charge >= 0.3 is 6.09 Å². The zero-order chi connectivity index (χ0) is 28.2. The first-order chi connectivity index (χ1) is 19.6. The van der Waals surface area contributed by atoms with Crippen molar-refractivity contribution < 1.29 is 19.0 Å². The number of methoxy groups -OCH3 is 1. The maximum Gasteiger partial charge on any atom is 0.412 e. The summed E-state index contributed by atoms with van der Waals surface area (Å²) in [7, 11) is 1.68. The molecule has 0 aliphatic carbocycles. The van der Waals surface area contributed by atoms with Crippen LogP contribution in [0.5, 0.6) is 17.2 Å². The third-order valence-corrected chi connectivity index (χ3v) is 7.25. The molecule has 0 bridgehead atoms. The van der Waals surface area contributed by atoms with E-state index in [1.165, 1.54) is 49.9 Å². The van der Waals surface area contributed by atoms with Crippen LogP contribution < -0.4 is 19.5 Å². The molecule has 1 N–H and O–H groups in total. The lowest BCUT2D eigenvalue weighted by atomic mass is 9.90. The Kier molecular flexibility index (Phi) is 11.1. The van der Waals surface area contributed by atoms with Crippen molar-refractivity contribution in [1.82, 2.24) is 10.2 Å². The van der Waals surface area contributed by atoms with Crippen molar-refractivity contribution in [3.8, 4) is 17.2 Å². The van der Waals surface area contributed by atoms with Gasteiger partial charge in [-0.1, -0.05) is 54.8 Å². The number of carbonyl (C=O) groups is 1. The number of hydrogen-bond acceptors (Lipinski definition) is 5. The Morgan fingerprint density at radius 1 is 0.800 bits per heavy atom. The van der Waals surface area contributed by atoms with Gasteiger partial charge in [0.2, 0.25) is 0 Å². The van der Waals surface area contributed by atoms with Crippen molar-refractivity contribution in [3.63, 3.8) is 0 Å². The molecule has 4 rings (SSSR count). The molecule has 1 saturated heterocycles. The lowest BCUT2D eigenvalue weighted by molar-refractivity contribution is 0.201. The van der Waals surface area contributed by atoms with Crippen molar-refractivity contribution in [2.45, 2.75) is 46.0 Å². The zero-order valence-electron chi connectivity index (χ0n) is 24.1. The Bertz CT molecular complexity index is 1230. The number of carbonyl (C=O) groups excluding carboxylic acids is 1. The summed E-state index contributed by atoms with van der Waals surface area (Å²) in [6, 6.07) is 24.3. The molecule has 40 heavy (non-hydrogen) atoms. The molecule has 1 aliphatic rings. The van der Waals surface area contributed by atoms with Gasteiger partial charge < -0.3 is 19.5 Å². The van der Waals surface area contributed by atoms with Crippen LogP contribution in [-0.4, -0.2) is 50.9 Å². The van der Waals surface area contributed by atoms with Crippen LogP contribution in [0.1, 0.15) is 56.2 Å². The Hall–Kier alpha value is -3.77. The smallest absolute Gasteiger partial charge is 0.412 e. The van der Waals surface area contributed by atoms with E-state index >= 15 is 0 Å². The summed E-state index contributed by atoms with van der Waals surface area (Å²) in [4.78, 5) is 14.4. The second-order valence-corrected chi connectivity index (χ2v) is 10.3. The number of amides is 1. The number of benzene rings is 3. The van der Waals surface area contributed by atoms with Gasteiger partial charge in [-0.3, -0.25) is 4.90 Å². The van der Waals surface area contributed by atoms with E-state index in [-0.39, 0.29) is 0 Å². The van der Waals surface area contributed by atoms with Crippen LogP contribution in [0.15, 0.2) is 78.4 Å². The summed E-state index contributed by atoms with van der Waals surface area (Å²) in [6.45, 7) is 8.58. The Balaban J connectivity index is 1.52. The number of rotatable bonds is 11. The van der Waals surface area contributed by atoms with Crippen molar-refractivity contribution in [2.24, 2.45) is 0 Å². The van der Waals surface area contributed by atoms with Crippen LogP contribution in [-0.2, 0) is 6.42 Å². The van der Waals surface area contributed by atoms with E-state index in [9.17, 15) is 4.79 Å². The average molecular weight is 543 g/mol. The quantitative estimate of drug-likeness (QED) is 0.279. The van der Waals surface area contributed by atoms with E-state index in [0.717, 1.165) is 41.2 Å². The predicted molar refractivity (Wildman–Crippen MR) is 161 cm³/mol. The van der Waals surface area contributed by atoms with Gasteiger partial charge in [0.05, 0.1) is 7.11 Å². The summed E-state index contributed by atoms with van der Waals surface area (Å²) >= 11 is 0. The normalized spacial score (nSPS) is 14.6. The molecule has 6 nitrogen and oxygen atoms in total. The molecule has 1 amide bonds. The fourth-order valence-electron chi connectivity index (χ4n) is 5.14. The van der Waals surface area contributed by atoms with Crippen LogP contribution in [0.2, 0.25) is 0 Å². The number of allylic oxidation sites excluding steroid dienone is 1. The molecule has 6 heteroatoms. The van der Waals surface area contributed by atoms with Crippen LogP contribution >= 0.6 is 0 Å². The third-order valence-electron chi connectivity index (χ3n) is 7.25. The van der Waals surface area contributed by atoms with E-state index in [2.05, 4.69) is 53.5 Å². The van der Waals surface area contributed by atoms with Crippen LogP contribution in [0.25, 0.3) is 5.57 Å². The van der Waals surface area contributed by atoms with Gasteiger partial charge in [0.15, 0.2) is 0 Å². The van der Waals surface area contributed by atoms with E-state index in [0.29, 0.717) is 18.9 Å². The van der Waals surface area contributed by atoms with Crippen molar-refractivity contribution in [3.05, 3.63) is 95.1 Å². The number of hydrogen-bond donors (Lipinski definition) is 1. The lowest BCUT2D eigenvalue weighted by Crippen LogP contribution is -2.29. The predicted octanol–water partition coefficient (Wildman–Crippen LogP) is 7.12. The van der Waals surface area contributed by atoms with Crippen molar-refractivity contribution in [2.75, 3.05) is 39.9 Å². The standard InChI is InChI=1S/C34H42N2O4/c1-4-35-34(37)40-32-19-13-29(14-20-32)33(26(2)25-27-9-15-30(38-3)16-10-27)28-11-17-31(18-12-28)39-24-23-36-21-7-5-6-8-22-36/h9-20H,4-8,21-25H2,1-3H3,(H,35,37)/b33-26-. The summed E-state index contributed by atoms with van der Waals surface area (Å²) < 4.78 is 16.8. The van der Waals surface area contributed by atoms with Gasteiger partial charge in [-0.2, -0.15) is 0 Å². The van der Waals surface area contributed by atoms with Crippen LogP contribution in [0.4, 0.5) is 4.79 Å². The van der Waals surface area contributed by atoms with Gasteiger partial charge in [0.1, 0.15) is 23.9 Å². The summed E-state index contributed by atoms with van der Waals surface area (Å²) in [5.74, 6) is 2.24. The second kappa shape index (κ2) is 15.1. The molecule has 3 aromatic rings. The molecule has 0 unspecified atom stereocenters. The first-order valence-corrected chi connectivity index (χ1v) is 14.4. The Morgan fingerprint density at radius 2 is 1.38 bits per heavy atom. The van der Waals surface area contributed by atoms with Gasteiger partial charge in [-0.15, -0.1) is 0 Å². The molecule has 3 aromatic carbocycles. The fourth-order valence-corrected chi connectivity index (χ4v) is 5.14. The zero-order valence-corrected chi connectivity index (χ0v) is 24.1. The summed E-state index contributed by atoms with van der Waals surface area (Å²) in [6.07, 6.45) is 5.61. The molecule has 1 heterocycles. The molecular formula is C34H42N2O4. The van der Waals surface area contributed by atoms with Crippen LogP contribution in [0.3, 0.4) is 0 Å². The first kappa shape index (κ1) is 29.2. The fraction of sp³-hybridized carbons (Fsp3) is 0.382. The molecule has 1 aliphatic heterocycles. The number of nitrogens with zero attached hydrogens (tertiary/aromatic N) is 1. The van der Waals surface area contributed by atoms with E-state index < -0.39 is 6.09 Å². The molecule has 0 atom stereocenters. The largest absolute Gasteiger partial charge is 0.497 e. The topological polar surface area (TPSA) is 60.0 Å². The minimum atomic E-state index is -0.451. The number of likely N-dealkylation sites (tertiary alicyclic amines) is 1. The third kappa shape index (κ3) is 8.62. The molecule has 0 aromatic heterocycles. The van der Waals surface area contributed by atoms with E-state index in [1.807, 2.05) is 43.3 Å². The van der Waals surface area contributed by atoms with E-state index in [4.69, 9.17) is 14.2 Å². The maximum absolute atomic E-state index is 11.9. The van der Waals surface area contributed by atoms with Crippen molar-refractivity contribution >= 4 is 11.7 Å². The highest BCUT2D eigenvalue weighted by molar-refractivity contribution is 5.82. The summed E-state index contributed by atoms with van der Waals surface area (Å²) in [5.41, 5.74) is 5.77. The van der Waals surface area contributed by atoms with E-state index in [1.54, 1.807) is 7.11 Å². The van der Waals surface area contributed by atoms with Gasteiger partial charge in [-0.25, -0.2) is 4.79 Å². The SMILES string of the molecule is CCNC(=O)Oc1ccc(/C(=C(/C)Cc2ccc(OC)cc2)c2ccc(OCCN3CCCCCC3)cc2)cc1. The monoisotopic (exact) mass is 542 g/mol. The molecule has 0 radical (unpaired) electrons. The average Bonchev–Trinajstić information content (AvgIpc) is 3.24. The highest BCUT2D eigenvalue weighted by Gasteiger charge is 2.13. The second-order valence-electron chi connectivity index (χ2n) is 10.3. The first-order valence-electron chi connectivity index (χ1n) is 14.4. The lowest BCUT2D eigenvalue weighted by Gasteiger charge is -2.20. The number of nitrogens with one attached hydrogen (secondary N) is 1. The Labute approximate surface area is 239 Å². The highest BCUT2D eigenvalue weighted by atomic mass is 16.6. The highest BCUT2D eigenvalue weighted by Crippen LogP contribution is 2.31. The Morgan fingerprint density at radius 3 is 1.95 bits per heavy atom. The molecule has 212 valence electrons. The van der Waals surface area contributed by atoms with Gasteiger partial charge in [0.25, 0.3) is 0 Å².